The number of piperidine rings is 1. The van der Waals surface area contributed by atoms with Crippen molar-refractivity contribution in [3.63, 3.8) is 0 Å². The summed E-state index contributed by atoms with van der Waals surface area (Å²) in [7, 11) is 0. The van der Waals surface area contributed by atoms with Crippen LogP contribution >= 0.6 is 0 Å². The van der Waals surface area contributed by atoms with Crippen LogP contribution in [0.15, 0.2) is 12.4 Å². The summed E-state index contributed by atoms with van der Waals surface area (Å²) < 4.78 is 0. The zero-order chi connectivity index (χ0) is 12.4. The Labute approximate surface area is 100 Å². The summed E-state index contributed by atoms with van der Waals surface area (Å²) in [6.07, 6.45) is 4.03. The molecule has 1 N–H and O–H groups in total. The Bertz CT molecular complexity index is 422. The highest BCUT2D eigenvalue weighted by Crippen LogP contribution is 2.26. The monoisotopic (exact) mass is 235 g/mol. The van der Waals surface area contributed by atoms with E-state index < -0.39 is 5.97 Å². The summed E-state index contributed by atoms with van der Waals surface area (Å²) in [6.45, 7) is 6.12. The first kappa shape index (κ1) is 11.8. The van der Waals surface area contributed by atoms with Crippen LogP contribution in [0.4, 0.5) is 5.82 Å². The Balaban J connectivity index is 2.25. The fourth-order valence-electron chi connectivity index (χ4n) is 2.17. The van der Waals surface area contributed by atoms with Crippen molar-refractivity contribution in [1.82, 2.24) is 9.97 Å². The van der Waals surface area contributed by atoms with Crippen molar-refractivity contribution in [3.8, 4) is 0 Å². The summed E-state index contributed by atoms with van der Waals surface area (Å²) in [6, 6.07) is 0. The highest BCUT2D eigenvalue weighted by molar-refractivity contribution is 5.90. The van der Waals surface area contributed by atoms with Gasteiger partial charge in [-0.05, 0) is 18.3 Å². The fourth-order valence-corrected chi connectivity index (χ4v) is 2.17. The van der Waals surface area contributed by atoms with E-state index in [9.17, 15) is 4.79 Å². The first-order valence-corrected chi connectivity index (χ1v) is 5.89. The van der Waals surface area contributed by atoms with E-state index in [0.29, 0.717) is 17.7 Å². The van der Waals surface area contributed by atoms with E-state index >= 15 is 0 Å². The van der Waals surface area contributed by atoms with Crippen molar-refractivity contribution < 1.29 is 9.90 Å². The minimum atomic E-state index is -1.01. The van der Waals surface area contributed by atoms with Gasteiger partial charge in [0.15, 0.2) is 11.5 Å². The molecule has 1 aliphatic heterocycles. The third kappa shape index (κ3) is 2.38. The standard InChI is InChI=1S/C12H17N3O2/c1-8-3-6-15(7-9(8)2)11-10(12(16)17)13-4-5-14-11/h4-5,8-9H,3,6-7H2,1-2H3,(H,16,17). The highest BCUT2D eigenvalue weighted by Gasteiger charge is 2.26. The molecule has 0 bridgehead atoms. The topological polar surface area (TPSA) is 66.3 Å². The lowest BCUT2D eigenvalue weighted by atomic mass is 9.88. The van der Waals surface area contributed by atoms with Crippen molar-refractivity contribution in [2.75, 3.05) is 18.0 Å². The maximum Gasteiger partial charge on any atom is 0.358 e. The normalized spacial score (nSPS) is 24.7. The molecule has 5 nitrogen and oxygen atoms in total. The van der Waals surface area contributed by atoms with E-state index in [1.54, 1.807) is 6.20 Å². The van der Waals surface area contributed by atoms with E-state index in [4.69, 9.17) is 5.11 Å². The van der Waals surface area contributed by atoms with Gasteiger partial charge in [-0.3, -0.25) is 0 Å². The smallest absolute Gasteiger partial charge is 0.358 e. The third-order valence-corrected chi connectivity index (χ3v) is 3.52. The van der Waals surface area contributed by atoms with Crippen LogP contribution < -0.4 is 4.90 Å². The van der Waals surface area contributed by atoms with Crippen LogP contribution in [0.1, 0.15) is 30.8 Å². The Morgan fingerprint density at radius 3 is 2.71 bits per heavy atom. The summed E-state index contributed by atoms with van der Waals surface area (Å²) in [5.74, 6) is 0.710. The van der Waals surface area contributed by atoms with Gasteiger partial charge < -0.3 is 10.0 Å². The molecule has 2 rings (SSSR count). The van der Waals surface area contributed by atoms with Gasteiger partial charge in [0.25, 0.3) is 0 Å². The van der Waals surface area contributed by atoms with Crippen molar-refractivity contribution in [2.24, 2.45) is 11.8 Å². The van der Waals surface area contributed by atoms with Gasteiger partial charge in [0.1, 0.15) is 0 Å². The lowest BCUT2D eigenvalue weighted by molar-refractivity contribution is 0.0690. The van der Waals surface area contributed by atoms with E-state index in [2.05, 4.69) is 23.8 Å². The molecular formula is C12H17N3O2. The van der Waals surface area contributed by atoms with Gasteiger partial charge in [-0.1, -0.05) is 13.8 Å². The number of carboxylic acid groups (broad SMARTS) is 1. The molecule has 2 atom stereocenters. The molecule has 92 valence electrons. The molecule has 1 fully saturated rings. The minimum absolute atomic E-state index is 0.0502. The van der Waals surface area contributed by atoms with Gasteiger partial charge in [0, 0.05) is 25.5 Å². The maximum atomic E-state index is 11.1. The molecule has 2 unspecified atom stereocenters. The Hall–Kier alpha value is -1.65. The first-order chi connectivity index (χ1) is 8.09. The number of nitrogens with zero attached hydrogens (tertiary/aromatic N) is 3. The van der Waals surface area contributed by atoms with Crippen LogP contribution in [-0.4, -0.2) is 34.1 Å². The van der Waals surface area contributed by atoms with Gasteiger partial charge in [-0.25, -0.2) is 14.8 Å². The number of hydrogen-bond donors (Lipinski definition) is 1. The average molecular weight is 235 g/mol. The Kier molecular flexibility index (Phi) is 3.26. The summed E-state index contributed by atoms with van der Waals surface area (Å²) in [5, 5.41) is 9.09. The number of carboxylic acids is 1. The van der Waals surface area contributed by atoms with Crippen LogP contribution in [0, 0.1) is 11.8 Å². The lowest BCUT2D eigenvalue weighted by Crippen LogP contribution is -2.39. The molecular weight excluding hydrogens is 218 g/mol. The molecule has 0 aromatic carbocycles. The van der Waals surface area contributed by atoms with E-state index in [1.165, 1.54) is 6.20 Å². The van der Waals surface area contributed by atoms with Gasteiger partial charge in [0.05, 0.1) is 0 Å². The third-order valence-electron chi connectivity index (χ3n) is 3.52. The molecule has 1 saturated heterocycles. The van der Waals surface area contributed by atoms with Crippen molar-refractivity contribution >= 4 is 11.8 Å². The van der Waals surface area contributed by atoms with Crippen molar-refractivity contribution in [2.45, 2.75) is 20.3 Å². The predicted octanol–water partition coefficient (Wildman–Crippen LogP) is 1.66. The van der Waals surface area contributed by atoms with Gasteiger partial charge in [-0.2, -0.15) is 0 Å². The number of carbonyl (C=O) groups is 1. The molecule has 2 heterocycles. The largest absolute Gasteiger partial charge is 0.476 e. The quantitative estimate of drug-likeness (QED) is 0.844. The van der Waals surface area contributed by atoms with Crippen molar-refractivity contribution in [3.05, 3.63) is 18.1 Å². The van der Waals surface area contributed by atoms with Gasteiger partial charge >= 0.3 is 5.97 Å². The van der Waals surface area contributed by atoms with Crippen LogP contribution in [0.3, 0.4) is 0 Å². The second kappa shape index (κ2) is 4.69. The maximum absolute atomic E-state index is 11.1. The number of anilines is 1. The fraction of sp³-hybridized carbons (Fsp3) is 0.583. The molecule has 0 spiro atoms. The Morgan fingerprint density at radius 2 is 2.06 bits per heavy atom. The number of hydrogen-bond acceptors (Lipinski definition) is 4. The SMILES string of the molecule is CC1CCN(c2nccnc2C(=O)O)CC1C. The van der Waals surface area contributed by atoms with Crippen LogP contribution in [0.2, 0.25) is 0 Å². The van der Waals surface area contributed by atoms with E-state index in [-0.39, 0.29) is 5.69 Å². The molecule has 0 radical (unpaired) electrons. The van der Waals surface area contributed by atoms with Gasteiger partial charge in [0.2, 0.25) is 0 Å². The highest BCUT2D eigenvalue weighted by atomic mass is 16.4. The predicted molar refractivity (Wildman–Crippen MR) is 64.1 cm³/mol. The average Bonchev–Trinajstić information content (AvgIpc) is 2.32. The summed E-state index contributed by atoms with van der Waals surface area (Å²) >= 11 is 0. The van der Waals surface area contributed by atoms with Crippen molar-refractivity contribution in [1.29, 1.82) is 0 Å². The van der Waals surface area contributed by atoms with Crippen LogP contribution in [-0.2, 0) is 0 Å². The molecule has 1 aromatic rings. The Morgan fingerprint density at radius 1 is 1.35 bits per heavy atom. The molecule has 5 heteroatoms. The second-order valence-electron chi connectivity index (χ2n) is 4.72. The molecule has 0 amide bonds. The second-order valence-corrected chi connectivity index (χ2v) is 4.72. The molecule has 0 aliphatic carbocycles. The molecule has 1 aliphatic rings. The van der Waals surface area contributed by atoms with E-state index in [0.717, 1.165) is 19.5 Å². The number of aromatic carboxylic acids is 1. The van der Waals surface area contributed by atoms with Crippen LogP contribution in [0.25, 0.3) is 0 Å². The van der Waals surface area contributed by atoms with Crippen LogP contribution in [0.5, 0.6) is 0 Å². The summed E-state index contributed by atoms with van der Waals surface area (Å²) in [4.78, 5) is 21.2. The number of rotatable bonds is 2. The molecule has 17 heavy (non-hydrogen) atoms. The van der Waals surface area contributed by atoms with Gasteiger partial charge in [-0.15, -0.1) is 0 Å². The summed E-state index contributed by atoms with van der Waals surface area (Å²) in [5.41, 5.74) is 0.0502. The zero-order valence-corrected chi connectivity index (χ0v) is 10.1. The zero-order valence-electron chi connectivity index (χ0n) is 10.1. The van der Waals surface area contributed by atoms with E-state index in [1.807, 2.05) is 4.90 Å². The lowest BCUT2D eigenvalue weighted by Gasteiger charge is -2.36. The molecule has 1 aromatic heterocycles. The minimum Gasteiger partial charge on any atom is -0.476 e. The first-order valence-electron chi connectivity index (χ1n) is 5.89. The molecule has 0 saturated carbocycles. The number of aromatic nitrogens is 2.